The molecule has 2 fully saturated rings. The normalized spacial score (nSPS) is 34.3. The molecule has 1 N–H and O–H groups in total. The zero-order valence-electron chi connectivity index (χ0n) is 12.2. The van der Waals surface area contributed by atoms with Gasteiger partial charge < -0.3 is 10.1 Å². The van der Waals surface area contributed by atoms with E-state index in [0.717, 1.165) is 50.8 Å². The zero-order valence-corrected chi connectivity index (χ0v) is 12.2. The van der Waals surface area contributed by atoms with E-state index in [2.05, 4.69) is 5.32 Å². The molecule has 1 spiro atoms. The van der Waals surface area contributed by atoms with Crippen LogP contribution in [0.15, 0.2) is 24.3 Å². The number of benzene rings is 1. The largest absolute Gasteiger partial charge is 0.381 e. The third-order valence-electron chi connectivity index (χ3n) is 5.43. The smallest absolute Gasteiger partial charge is 0.126 e. The first kappa shape index (κ1) is 14.0. The monoisotopic (exact) mass is 277 g/mol. The lowest BCUT2D eigenvalue weighted by Crippen LogP contribution is -2.46. The number of methoxy groups -OCH3 is 1. The molecule has 2 aliphatic rings. The first-order chi connectivity index (χ1) is 9.75. The van der Waals surface area contributed by atoms with Gasteiger partial charge in [0.25, 0.3) is 0 Å². The fourth-order valence-electron chi connectivity index (χ4n) is 4.17. The predicted octanol–water partition coefficient (Wildman–Crippen LogP) is 3.48. The minimum absolute atomic E-state index is 0.0468. The third kappa shape index (κ3) is 2.49. The van der Waals surface area contributed by atoms with Gasteiger partial charge in [-0.25, -0.2) is 4.39 Å². The van der Waals surface area contributed by atoms with Crippen molar-refractivity contribution < 1.29 is 9.13 Å². The Morgan fingerprint density at radius 1 is 1.20 bits per heavy atom. The van der Waals surface area contributed by atoms with Gasteiger partial charge in [-0.1, -0.05) is 18.2 Å². The number of rotatable bonds is 2. The second kappa shape index (κ2) is 5.82. The standard InChI is InChI=1S/C17H24FNO/c1-20-13-6-8-17(9-7-13)10-11-19-12-15(17)14-4-2-3-5-16(14)18/h2-5,13,15,19H,6-12H2,1H3. The summed E-state index contributed by atoms with van der Waals surface area (Å²) in [6.45, 7) is 1.96. The second-order valence-electron chi connectivity index (χ2n) is 6.33. The average Bonchev–Trinajstić information content (AvgIpc) is 2.50. The first-order valence-corrected chi connectivity index (χ1v) is 7.73. The molecule has 0 aromatic heterocycles. The lowest BCUT2D eigenvalue weighted by atomic mass is 9.60. The van der Waals surface area contributed by atoms with Crippen molar-refractivity contribution in [1.82, 2.24) is 5.32 Å². The van der Waals surface area contributed by atoms with E-state index in [9.17, 15) is 4.39 Å². The van der Waals surface area contributed by atoms with Gasteiger partial charge in [0.2, 0.25) is 0 Å². The van der Waals surface area contributed by atoms with Crippen molar-refractivity contribution in [1.29, 1.82) is 0 Å². The van der Waals surface area contributed by atoms with Gasteiger partial charge in [0, 0.05) is 19.6 Å². The summed E-state index contributed by atoms with van der Waals surface area (Å²) in [6, 6.07) is 7.31. The molecule has 1 aromatic carbocycles. The highest BCUT2D eigenvalue weighted by Crippen LogP contribution is 2.51. The average molecular weight is 277 g/mol. The SMILES string of the molecule is COC1CCC2(CCNCC2c2ccccc2F)CC1. The van der Waals surface area contributed by atoms with Crippen molar-refractivity contribution in [3.05, 3.63) is 35.6 Å². The van der Waals surface area contributed by atoms with Crippen molar-refractivity contribution in [2.75, 3.05) is 20.2 Å². The van der Waals surface area contributed by atoms with Crippen LogP contribution in [-0.2, 0) is 4.74 Å². The Morgan fingerprint density at radius 3 is 2.65 bits per heavy atom. The van der Waals surface area contributed by atoms with Gasteiger partial charge in [0.05, 0.1) is 6.10 Å². The molecular weight excluding hydrogens is 253 g/mol. The molecule has 2 nitrogen and oxygen atoms in total. The van der Waals surface area contributed by atoms with Gasteiger partial charge in [0.15, 0.2) is 0 Å². The Kier molecular flexibility index (Phi) is 4.08. The summed E-state index contributed by atoms with van der Waals surface area (Å²) in [5.74, 6) is 0.254. The molecular formula is C17H24FNO. The van der Waals surface area contributed by atoms with Crippen molar-refractivity contribution in [3.8, 4) is 0 Å². The summed E-state index contributed by atoms with van der Waals surface area (Å²) in [5, 5.41) is 3.46. The minimum atomic E-state index is -0.0468. The molecule has 1 unspecified atom stereocenters. The van der Waals surface area contributed by atoms with Crippen LogP contribution in [0.5, 0.6) is 0 Å². The molecule has 20 heavy (non-hydrogen) atoms. The predicted molar refractivity (Wildman–Crippen MR) is 78.3 cm³/mol. The number of hydrogen-bond donors (Lipinski definition) is 1. The zero-order chi connectivity index (χ0) is 14.0. The van der Waals surface area contributed by atoms with Gasteiger partial charge >= 0.3 is 0 Å². The highest BCUT2D eigenvalue weighted by Gasteiger charge is 2.44. The Bertz CT molecular complexity index is 454. The van der Waals surface area contributed by atoms with Crippen LogP contribution in [0.25, 0.3) is 0 Å². The molecule has 1 atom stereocenters. The number of piperidine rings is 1. The Morgan fingerprint density at radius 2 is 1.95 bits per heavy atom. The molecule has 3 rings (SSSR count). The van der Waals surface area contributed by atoms with E-state index in [1.165, 1.54) is 0 Å². The topological polar surface area (TPSA) is 21.3 Å². The third-order valence-corrected chi connectivity index (χ3v) is 5.43. The number of hydrogen-bond acceptors (Lipinski definition) is 2. The summed E-state index contributed by atoms with van der Waals surface area (Å²) in [4.78, 5) is 0. The lowest BCUT2D eigenvalue weighted by molar-refractivity contribution is 0.00390. The van der Waals surface area contributed by atoms with Crippen LogP contribution >= 0.6 is 0 Å². The van der Waals surface area contributed by atoms with E-state index in [0.29, 0.717) is 12.0 Å². The molecule has 0 radical (unpaired) electrons. The molecule has 1 aliphatic heterocycles. The fourth-order valence-corrected chi connectivity index (χ4v) is 4.17. The Hall–Kier alpha value is -0.930. The van der Waals surface area contributed by atoms with E-state index < -0.39 is 0 Å². The van der Waals surface area contributed by atoms with Crippen LogP contribution in [-0.4, -0.2) is 26.3 Å². The molecule has 110 valence electrons. The van der Waals surface area contributed by atoms with Gasteiger partial charge in [-0.2, -0.15) is 0 Å². The molecule has 1 saturated heterocycles. The van der Waals surface area contributed by atoms with E-state index in [1.54, 1.807) is 19.2 Å². The van der Waals surface area contributed by atoms with E-state index in [-0.39, 0.29) is 11.2 Å². The second-order valence-corrected chi connectivity index (χ2v) is 6.33. The highest BCUT2D eigenvalue weighted by atomic mass is 19.1. The van der Waals surface area contributed by atoms with Gasteiger partial charge in [-0.15, -0.1) is 0 Å². The Labute approximate surface area is 120 Å². The van der Waals surface area contributed by atoms with E-state index in [1.807, 2.05) is 12.1 Å². The van der Waals surface area contributed by atoms with Gasteiger partial charge in [0.1, 0.15) is 5.82 Å². The summed E-state index contributed by atoms with van der Waals surface area (Å²) in [5.41, 5.74) is 1.17. The van der Waals surface area contributed by atoms with Gasteiger partial charge in [-0.3, -0.25) is 0 Å². The highest BCUT2D eigenvalue weighted by molar-refractivity contribution is 5.26. The molecule has 3 heteroatoms. The molecule has 1 saturated carbocycles. The van der Waals surface area contributed by atoms with Crippen LogP contribution < -0.4 is 5.32 Å². The van der Waals surface area contributed by atoms with Crippen LogP contribution in [0, 0.1) is 11.2 Å². The number of nitrogens with one attached hydrogen (secondary N) is 1. The first-order valence-electron chi connectivity index (χ1n) is 7.73. The maximum atomic E-state index is 14.2. The number of halogens is 1. The summed E-state index contributed by atoms with van der Waals surface area (Å²) in [6.07, 6.45) is 6.10. The maximum absolute atomic E-state index is 14.2. The number of ether oxygens (including phenoxy) is 1. The van der Waals surface area contributed by atoms with Crippen LogP contribution in [0.4, 0.5) is 4.39 Å². The van der Waals surface area contributed by atoms with Crippen LogP contribution in [0.2, 0.25) is 0 Å². The van der Waals surface area contributed by atoms with Gasteiger partial charge in [-0.05, 0) is 55.7 Å². The molecule has 1 heterocycles. The maximum Gasteiger partial charge on any atom is 0.126 e. The molecule has 0 amide bonds. The van der Waals surface area contributed by atoms with E-state index in [4.69, 9.17) is 4.74 Å². The summed E-state index contributed by atoms with van der Waals surface area (Å²) in [7, 11) is 1.80. The van der Waals surface area contributed by atoms with Crippen molar-refractivity contribution in [2.45, 2.75) is 44.1 Å². The fraction of sp³-hybridized carbons (Fsp3) is 0.647. The summed E-state index contributed by atoms with van der Waals surface area (Å²) < 4.78 is 19.7. The molecule has 1 aromatic rings. The van der Waals surface area contributed by atoms with Crippen LogP contribution in [0.3, 0.4) is 0 Å². The quantitative estimate of drug-likeness (QED) is 0.893. The van der Waals surface area contributed by atoms with Crippen molar-refractivity contribution in [2.24, 2.45) is 5.41 Å². The van der Waals surface area contributed by atoms with Crippen LogP contribution in [0.1, 0.15) is 43.6 Å². The Balaban J connectivity index is 1.86. The van der Waals surface area contributed by atoms with Crippen molar-refractivity contribution >= 4 is 0 Å². The molecule has 1 aliphatic carbocycles. The molecule has 0 bridgehead atoms. The van der Waals surface area contributed by atoms with E-state index >= 15 is 0 Å². The summed E-state index contributed by atoms with van der Waals surface area (Å²) >= 11 is 0. The lowest BCUT2D eigenvalue weighted by Gasteiger charge is -2.48. The minimum Gasteiger partial charge on any atom is -0.381 e. The van der Waals surface area contributed by atoms with Crippen molar-refractivity contribution in [3.63, 3.8) is 0 Å².